The van der Waals surface area contributed by atoms with Crippen molar-refractivity contribution in [2.75, 3.05) is 40.1 Å². The van der Waals surface area contributed by atoms with E-state index < -0.39 is 29.5 Å². The zero-order valence-corrected chi connectivity index (χ0v) is 30.2. The molecule has 47 heavy (non-hydrogen) atoms. The van der Waals surface area contributed by atoms with E-state index in [1.807, 2.05) is 0 Å². The third-order valence-electron chi connectivity index (χ3n) is 6.64. The predicted octanol–water partition coefficient (Wildman–Crippen LogP) is 4.22. The molecule has 12 nitrogen and oxygen atoms in total. The molecule has 0 radical (unpaired) electrons. The van der Waals surface area contributed by atoms with Crippen LogP contribution >= 0.6 is 43.2 Å². The zero-order chi connectivity index (χ0) is 34.2. The van der Waals surface area contributed by atoms with Crippen LogP contribution in [-0.4, -0.2) is 62.6 Å². The molecule has 0 bridgehead atoms. The first-order valence-corrected chi connectivity index (χ1v) is 16.9. The summed E-state index contributed by atoms with van der Waals surface area (Å²) in [4.78, 5) is 56.3. The van der Waals surface area contributed by atoms with E-state index in [0.717, 1.165) is 11.3 Å². The largest absolute Gasteiger partial charge is 0.490 e. The molecule has 1 aliphatic heterocycles. The number of rotatable bonds is 13. The van der Waals surface area contributed by atoms with Gasteiger partial charge in [0.2, 0.25) is 0 Å². The van der Waals surface area contributed by atoms with Crippen molar-refractivity contribution in [1.82, 2.24) is 4.57 Å². The molecule has 1 aliphatic rings. The van der Waals surface area contributed by atoms with E-state index in [1.54, 1.807) is 64.1 Å². The van der Waals surface area contributed by atoms with Crippen molar-refractivity contribution in [3.8, 4) is 17.2 Å². The number of hydrogen-bond donors (Lipinski definition) is 0. The van der Waals surface area contributed by atoms with Gasteiger partial charge in [-0.25, -0.2) is 19.4 Å². The van der Waals surface area contributed by atoms with Gasteiger partial charge in [-0.1, -0.05) is 33.3 Å². The molecular weight excluding hydrogens is 764 g/mol. The molecule has 0 saturated heterocycles. The monoisotopic (exact) mass is 794 g/mol. The summed E-state index contributed by atoms with van der Waals surface area (Å²) in [6.45, 7) is 6.80. The van der Waals surface area contributed by atoms with Crippen molar-refractivity contribution in [3.05, 3.63) is 81.4 Å². The minimum Gasteiger partial charge on any atom is -0.490 e. The van der Waals surface area contributed by atoms with Crippen LogP contribution in [0.15, 0.2) is 60.3 Å². The molecule has 2 heterocycles. The Kier molecular flexibility index (Phi) is 12.4. The Morgan fingerprint density at radius 2 is 1.66 bits per heavy atom. The standard InChI is InChI=1S/C32H32Br2N2O10S/c1-6-42-23-12-18(9-10-22(23)45-15-25(37)41-5)28-27(31(40)44-8-3)17(4)35-32-36(28)30(39)24(47-32)13-19-11-20(33)14-21(34)29(19)46-16-26(38)43-7-2/h9-14,28H,6-8,15-16H2,1-5H3/b24-13+/t28-/m1/s1. The van der Waals surface area contributed by atoms with E-state index in [0.29, 0.717) is 46.6 Å². The summed E-state index contributed by atoms with van der Waals surface area (Å²) in [5.41, 5.74) is 1.16. The SMILES string of the molecule is CCOC(=O)COc1c(Br)cc(Br)cc1/C=c1/sc2n(c1=O)[C@H](c1ccc(OCC(=O)OC)c(OCC)c1)C(C(=O)OCC)=C(C)N=2. The molecule has 0 fully saturated rings. The fourth-order valence-electron chi connectivity index (χ4n) is 4.70. The van der Waals surface area contributed by atoms with Crippen LogP contribution in [0.25, 0.3) is 6.08 Å². The highest BCUT2D eigenvalue weighted by Gasteiger charge is 2.34. The van der Waals surface area contributed by atoms with E-state index in [1.165, 1.54) is 11.7 Å². The van der Waals surface area contributed by atoms with Crippen molar-refractivity contribution in [1.29, 1.82) is 0 Å². The van der Waals surface area contributed by atoms with Gasteiger partial charge in [0.25, 0.3) is 5.56 Å². The first-order valence-electron chi connectivity index (χ1n) is 14.5. The molecule has 0 saturated carbocycles. The first kappa shape index (κ1) is 35.9. The lowest BCUT2D eigenvalue weighted by atomic mass is 9.95. The van der Waals surface area contributed by atoms with Crippen LogP contribution in [0.4, 0.5) is 0 Å². The van der Waals surface area contributed by atoms with Gasteiger partial charge < -0.3 is 28.4 Å². The number of esters is 3. The number of fused-ring (bicyclic) bond motifs is 1. The smallest absolute Gasteiger partial charge is 0.344 e. The lowest BCUT2D eigenvalue weighted by molar-refractivity contribution is -0.145. The molecule has 0 N–H and O–H groups in total. The normalized spacial score (nSPS) is 14.2. The number of benzene rings is 2. The Labute approximate surface area is 290 Å². The van der Waals surface area contributed by atoms with Crippen LogP contribution in [-0.2, 0) is 28.6 Å². The van der Waals surface area contributed by atoms with Gasteiger partial charge in [-0.05, 0) is 79.5 Å². The summed E-state index contributed by atoms with van der Waals surface area (Å²) in [5.74, 6) is -0.821. The third kappa shape index (κ3) is 8.32. The topological polar surface area (TPSA) is 141 Å². The molecule has 3 aromatic rings. The second-order valence-electron chi connectivity index (χ2n) is 9.71. The van der Waals surface area contributed by atoms with Gasteiger partial charge >= 0.3 is 17.9 Å². The molecule has 250 valence electrons. The minimum atomic E-state index is -0.935. The van der Waals surface area contributed by atoms with Crippen molar-refractivity contribution in [2.24, 2.45) is 4.99 Å². The van der Waals surface area contributed by atoms with Gasteiger partial charge in [0.1, 0.15) is 5.75 Å². The van der Waals surface area contributed by atoms with Crippen LogP contribution in [0.3, 0.4) is 0 Å². The molecular formula is C32H32Br2N2O10S. The number of thiazole rings is 1. The molecule has 0 unspecified atom stereocenters. The molecule has 0 spiro atoms. The maximum atomic E-state index is 14.2. The van der Waals surface area contributed by atoms with Crippen LogP contribution in [0.5, 0.6) is 17.2 Å². The number of aromatic nitrogens is 1. The van der Waals surface area contributed by atoms with Gasteiger partial charge in [-0.2, -0.15) is 0 Å². The lowest BCUT2D eigenvalue weighted by Crippen LogP contribution is -2.40. The van der Waals surface area contributed by atoms with E-state index in [2.05, 4.69) is 41.6 Å². The highest BCUT2D eigenvalue weighted by Crippen LogP contribution is 2.37. The second-order valence-corrected chi connectivity index (χ2v) is 12.5. The fourth-order valence-corrected chi connectivity index (χ4v) is 7.11. The first-order chi connectivity index (χ1) is 22.5. The molecule has 1 atom stereocenters. The number of ether oxygens (including phenoxy) is 6. The Morgan fingerprint density at radius 1 is 0.936 bits per heavy atom. The molecule has 2 aromatic carbocycles. The summed E-state index contributed by atoms with van der Waals surface area (Å²) in [7, 11) is 1.26. The summed E-state index contributed by atoms with van der Waals surface area (Å²) in [6.07, 6.45) is 1.63. The summed E-state index contributed by atoms with van der Waals surface area (Å²) >= 11 is 8.08. The van der Waals surface area contributed by atoms with Crippen molar-refractivity contribution in [2.45, 2.75) is 33.7 Å². The van der Waals surface area contributed by atoms with Gasteiger partial charge in [-0.3, -0.25) is 9.36 Å². The Balaban J connectivity index is 1.90. The van der Waals surface area contributed by atoms with E-state index >= 15 is 0 Å². The number of halogens is 2. The number of allylic oxidation sites excluding steroid dienone is 1. The van der Waals surface area contributed by atoms with Crippen LogP contribution in [0.2, 0.25) is 0 Å². The highest BCUT2D eigenvalue weighted by molar-refractivity contribution is 9.11. The van der Waals surface area contributed by atoms with Gasteiger partial charge in [0, 0.05) is 10.0 Å². The van der Waals surface area contributed by atoms with E-state index in [9.17, 15) is 19.2 Å². The number of carbonyl (C=O) groups excluding carboxylic acids is 3. The van der Waals surface area contributed by atoms with Crippen LogP contribution in [0.1, 0.15) is 44.9 Å². The van der Waals surface area contributed by atoms with Gasteiger partial charge in [-0.15, -0.1) is 0 Å². The average molecular weight is 796 g/mol. The van der Waals surface area contributed by atoms with Crippen LogP contribution in [0, 0.1) is 0 Å². The summed E-state index contributed by atoms with van der Waals surface area (Å²) in [6, 6.07) is 7.50. The summed E-state index contributed by atoms with van der Waals surface area (Å²) < 4.78 is 35.3. The van der Waals surface area contributed by atoms with Gasteiger partial charge in [0.05, 0.1) is 53.2 Å². The molecule has 4 rings (SSSR count). The summed E-state index contributed by atoms with van der Waals surface area (Å²) in [5, 5.41) is 0. The second kappa shape index (κ2) is 16.2. The van der Waals surface area contributed by atoms with E-state index in [-0.39, 0.29) is 44.4 Å². The average Bonchev–Trinajstić information content (AvgIpc) is 3.33. The van der Waals surface area contributed by atoms with Crippen molar-refractivity contribution < 1.29 is 42.8 Å². The number of hydrogen-bond acceptors (Lipinski definition) is 12. The fraction of sp³-hybridized carbons (Fsp3) is 0.344. The Bertz CT molecular complexity index is 1900. The minimum absolute atomic E-state index is 0.115. The number of nitrogens with zero attached hydrogens (tertiary/aromatic N) is 2. The highest BCUT2D eigenvalue weighted by atomic mass is 79.9. The predicted molar refractivity (Wildman–Crippen MR) is 179 cm³/mol. The number of methoxy groups -OCH3 is 1. The van der Waals surface area contributed by atoms with Crippen molar-refractivity contribution in [3.63, 3.8) is 0 Å². The third-order valence-corrected chi connectivity index (χ3v) is 8.67. The lowest BCUT2D eigenvalue weighted by Gasteiger charge is -2.25. The molecule has 1 aromatic heterocycles. The maximum Gasteiger partial charge on any atom is 0.344 e. The van der Waals surface area contributed by atoms with E-state index in [4.69, 9.17) is 23.7 Å². The molecule has 15 heteroatoms. The van der Waals surface area contributed by atoms with Crippen LogP contribution < -0.4 is 29.1 Å². The maximum absolute atomic E-state index is 14.2. The quantitative estimate of drug-likeness (QED) is 0.183. The number of carbonyl (C=O) groups is 3. The molecule has 0 amide bonds. The van der Waals surface area contributed by atoms with Gasteiger partial charge in [0.15, 0.2) is 29.5 Å². The zero-order valence-electron chi connectivity index (χ0n) is 26.2. The van der Waals surface area contributed by atoms with Crippen molar-refractivity contribution >= 4 is 67.2 Å². The Morgan fingerprint density at radius 3 is 2.34 bits per heavy atom. The molecule has 0 aliphatic carbocycles. The Hall–Kier alpha value is -3.95.